The highest BCUT2D eigenvalue weighted by molar-refractivity contribution is 5.93. The van der Waals surface area contributed by atoms with Crippen LogP contribution in [-0.4, -0.2) is 27.6 Å². The summed E-state index contributed by atoms with van der Waals surface area (Å²) < 4.78 is 5.98. The smallest absolute Gasteiger partial charge is 0.335 e. The minimum absolute atomic E-state index is 0.183. The van der Waals surface area contributed by atoms with Crippen LogP contribution in [0.3, 0.4) is 0 Å². The Morgan fingerprint density at radius 2 is 1.93 bits per heavy atom. The molecule has 0 spiro atoms. The van der Waals surface area contributed by atoms with Crippen LogP contribution in [0.1, 0.15) is 24.2 Å². The maximum Gasteiger partial charge on any atom is 0.335 e. The van der Waals surface area contributed by atoms with Crippen LogP contribution in [0, 0.1) is 5.92 Å². The Kier molecular flexibility index (Phi) is 4.24. The van der Waals surface area contributed by atoms with Gasteiger partial charge in [0, 0.05) is 11.9 Å². The van der Waals surface area contributed by atoms with Crippen molar-refractivity contribution in [3.05, 3.63) is 54.1 Å². The maximum atomic E-state index is 11.3. The molecule has 6 heteroatoms. The molecule has 4 aromatic rings. The summed E-state index contributed by atoms with van der Waals surface area (Å²) in [7, 11) is 0. The fourth-order valence-corrected chi connectivity index (χ4v) is 2.88. The first kappa shape index (κ1) is 17.0. The van der Waals surface area contributed by atoms with Crippen molar-refractivity contribution in [3.63, 3.8) is 0 Å². The number of hydrogen-bond donors (Lipinski definition) is 2. The third-order valence-corrected chi connectivity index (χ3v) is 4.25. The van der Waals surface area contributed by atoms with Gasteiger partial charge in [-0.3, -0.25) is 0 Å². The second kappa shape index (κ2) is 6.72. The van der Waals surface area contributed by atoms with Crippen molar-refractivity contribution in [1.29, 1.82) is 0 Å². The summed E-state index contributed by atoms with van der Waals surface area (Å²) in [5.41, 5.74) is 2.72. The number of carboxylic acid groups (broad SMARTS) is 1. The fourth-order valence-electron chi connectivity index (χ4n) is 2.88. The highest BCUT2D eigenvalue weighted by Gasteiger charge is 2.16. The largest absolute Gasteiger partial charge is 0.478 e. The van der Waals surface area contributed by atoms with Gasteiger partial charge in [-0.25, -0.2) is 14.8 Å². The molecule has 0 radical (unpaired) electrons. The van der Waals surface area contributed by atoms with Crippen molar-refractivity contribution >= 4 is 33.8 Å². The Balaban J connectivity index is 1.89. The minimum atomic E-state index is -0.989. The topological polar surface area (TPSA) is 88.2 Å². The van der Waals surface area contributed by atoms with Gasteiger partial charge in [-0.2, -0.15) is 0 Å². The summed E-state index contributed by atoms with van der Waals surface area (Å²) in [6.45, 7) is 4.92. The normalized spacial score (nSPS) is 11.4. The van der Waals surface area contributed by atoms with Crippen LogP contribution >= 0.6 is 0 Å². The summed E-state index contributed by atoms with van der Waals surface area (Å²) in [5, 5.41) is 13.5. The lowest BCUT2D eigenvalue weighted by Gasteiger charge is -2.12. The molecule has 2 aromatic heterocycles. The van der Waals surface area contributed by atoms with E-state index in [1.165, 1.54) is 12.1 Å². The van der Waals surface area contributed by atoms with E-state index in [4.69, 9.17) is 9.40 Å². The number of nitrogens with zero attached hydrogens (tertiary/aromatic N) is 2. The quantitative estimate of drug-likeness (QED) is 0.530. The highest BCUT2D eigenvalue weighted by Crippen LogP contribution is 2.32. The van der Waals surface area contributed by atoms with E-state index in [2.05, 4.69) is 24.1 Å². The molecule has 0 fully saturated rings. The number of furan rings is 1. The van der Waals surface area contributed by atoms with Crippen LogP contribution < -0.4 is 5.32 Å². The fraction of sp³-hybridized carbons (Fsp3) is 0.190. The standard InChI is InChI=1S/C21H19N3O3/c1-12(2)11-22-20-19(18-10-13-5-3-4-6-17(13)27-18)23-15-8-7-14(21(25)26)9-16(15)24-20/h3-10,12H,11H2,1-2H3,(H,22,24)(H,25,26). The number of para-hydroxylation sites is 1. The molecule has 2 N–H and O–H groups in total. The van der Waals surface area contributed by atoms with Crippen molar-refractivity contribution < 1.29 is 14.3 Å². The molecular weight excluding hydrogens is 342 g/mol. The average molecular weight is 361 g/mol. The zero-order valence-corrected chi connectivity index (χ0v) is 15.1. The number of benzene rings is 2. The summed E-state index contributed by atoms with van der Waals surface area (Å²) in [6.07, 6.45) is 0. The van der Waals surface area contributed by atoms with Crippen LogP contribution in [0.4, 0.5) is 5.82 Å². The Hall–Kier alpha value is -3.41. The van der Waals surface area contributed by atoms with Crippen LogP contribution in [0.5, 0.6) is 0 Å². The van der Waals surface area contributed by atoms with Gasteiger partial charge in [0.25, 0.3) is 0 Å². The van der Waals surface area contributed by atoms with Gasteiger partial charge in [-0.15, -0.1) is 0 Å². The Bertz CT molecular complexity index is 1120. The molecule has 0 saturated carbocycles. The van der Waals surface area contributed by atoms with Gasteiger partial charge in [0.15, 0.2) is 11.6 Å². The molecule has 0 aliphatic carbocycles. The number of aromatic carboxylic acids is 1. The van der Waals surface area contributed by atoms with Gasteiger partial charge < -0.3 is 14.8 Å². The Morgan fingerprint density at radius 3 is 2.67 bits per heavy atom. The SMILES string of the molecule is CC(C)CNc1nc2cc(C(=O)O)ccc2nc1-c1cc2ccccc2o1. The third kappa shape index (κ3) is 3.33. The van der Waals surface area contributed by atoms with Crippen LogP contribution in [0.2, 0.25) is 0 Å². The molecule has 0 aliphatic heterocycles. The van der Waals surface area contributed by atoms with Gasteiger partial charge in [0.05, 0.1) is 16.6 Å². The first-order chi connectivity index (χ1) is 13.0. The molecule has 6 nitrogen and oxygen atoms in total. The van der Waals surface area contributed by atoms with E-state index in [-0.39, 0.29) is 5.56 Å². The van der Waals surface area contributed by atoms with Crippen molar-refractivity contribution in [2.24, 2.45) is 5.92 Å². The van der Waals surface area contributed by atoms with Crippen molar-refractivity contribution in [2.45, 2.75) is 13.8 Å². The van der Waals surface area contributed by atoms with Crippen LogP contribution in [0.25, 0.3) is 33.5 Å². The lowest BCUT2D eigenvalue weighted by Crippen LogP contribution is -2.11. The molecule has 0 atom stereocenters. The number of anilines is 1. The van der Waals surface area contributed by atoms with E-state index >= 15 is 0 Å². The van der Waals surface area contributed by atoms with Gasteiger partial charge >= 0.3 is 5.97 Å². The summed E-state index contributed by atoms with van der Waals surface area (Å²) in [5.74, 6) is 0.630. The predicted octanol–water partition coefficient (Wildman–Crippen LogP) is 4.81. The van der Waals surface area contributed by atoms with E-state index in [0.29, 0.717) is 40.8 Å². The zero-order chi connectivity index (χ0) is 19.0. The molecule has 2 heterocycles. The second-order valence-electron chi connectivity index (χ2n) is 6.85. The summed E-state index contributed by atoms with van der Waals surface area (Å²) in [4.78, 5) is 20.6. The number of hydrogen-bond acceptors (Lipinski definition) is 5. The molecule has 27 heavy (non-hydrogen) atoms. The number of fused-ring (bicyclic) bond motifs is 2. The molecule has 0 saturated heterocycles. The van der Waals surface area contributed by atoms with Gasteiger partial charge in [0.2, 0.25) is 0 Å². The molecule has 136 valence electrons. The average Bonchev–Trinajstić information content (AvgIpc) is 3.09. The lowest BCUT2D eigenvalue weighted by molar-refractivity contribution is 0.0697. The predicted molar refractivity (Wildman–Crippen MR) is 105 cm³/mol. The molecule has 0 amide bonds. The van der Waals surface area contributed by atoms with Crippen LogP contribution in [0.15, 0.2) is 52.9 Å². The number of carbonyl (C=O) groups is 1. The van der Waals surface area contributed by atoms with E-state index in [9.17, 15) is 9.90 Å². The maximum absolute atomic E-state index is 11.3. The van der Waals surface area contributed by atoms with Crippen LogP contribution in [-0.2, 0) is 0 Å². The monoisotopic (exact) mass is 361 g/mol. The molecule has 4 rings (SSSR count). The van der Waals surface area contributed by atoms with Crippen molar-refractivity contribution in [3.8, 4) is 11.5 Å². The van der Waals surface area contributed by atoms with E-state index in [1.54, 1.807) is 6.07 Å². The van der Waals surface area contributed by atoms with E-state index < -0.39 is 5.97 Å². The third-order valence-electron chi connectivity index (χ3n) is 4.25. The molecule has 2 aromatic carbocycles. The second-order valence-corrected chi connectivity index (χ2v) is 6.85. The van der Waals surface area contributed by atoms with Gasteiger partial charge in [-0.1, -0.05) is 32.0 Å². The van der Waals surface area contributed by atoms with Crippen molar-refractivity contribution in [1.82, 2.24) is 9.97 Å². The number of rotatable bonds is 5. The Labute approximate surface area is 155 Å². The zero-order valence-electron chi connectivity index (χ0n) is 15.1. The van der Waals surface area contributed by atoms with Gasteiger partial charge in [-0.05, 0) is 36.2 Å². The minimum Gasteiger partial charge on any atom is -0.478 e. The van der Waals surface area contributed by atoms with Crippen molar-refractivity contribution in [2.75, 3.05) is 11.9 Å². The van der Waals surface area contributed by atoms with E-state index in [0.717, 1.165) is 11.0 Å². The molecule has 0 bridgehead atoms. The van der Waals surface area contributed by atoms with Gasteiger partial charge in [0.1, 0.15) is 11.3 Å². The summed E-state index contributed by atoms with van der Waals surface area (Å²) in [6, 6.07) is 14.5. The van der Waals surface area contributed by atoms with E-state index in [1.807, 2.05) is 30.3 Å². The number of carboxylic acids is 1. The Morgan fingerprint density at radius 1 is 1.11 bits per heavy atom. The molecule has 0 unspecified atom stereocenters. The number of nitrogens with one attached hydrogen (secondary N) is 1. The summed E-state index contributed by atoms with van der Waals surface area (Å²) >= 11 is 0. The first-order valence-corrected chi connectivity index (χ1v) is 8.79. The molecular formula is C21H19N3O3. The highest BCUT2D eigenvalue weighted by atomic mass is 16.4. The number of aromatic nitrogens is 2. The molecule has 0 aliphatic rings. The lowest BCUT2D eigenvalue weighted by atomic mass is 10.1. The first-order valence-electron chi connectivity index (χ1n) is 8.79.